The number of aliphatic hydroxyl groups is 1. The lowest BCUT2D eigenvalue weighted by Gasteiger charge is -2.27. The molecule has 1 unspecified atom stereocenters. The first-order valence-electron chi connectivity index (χ1n) is 6.91. The molecule has 0 radical (unpaired) electrons. The number of hydrogen-bond donors (Lipinski definition) is 2. The van der Waals surface area contributed by atoms with Gasteiger partial charge in [-0.05, 0) is 33.5 Å². The van der Waals surface area contributed by atoms with Crippen LogP contribution in [-0.4, -0.2) is 64.3 Å². The molecule has 0 bridgehead atoms. The topological polar surface area (TPSA) is 68.3 Å². The van der Waals surface area contributed by atoms with E-state index in [1.165, 1.54) is 0 Å². The van der Waals surface area contributed by atoms with Crippen LogP contribution >= 0.6 is 0 Å². The van der Waals surface area contributed by atoms with Crippen molar-refractivity contribution >= 4 is 16.9 Å². The van der Waals surface area contributed by atoms with Gasteiger partial charge in [0.2, 0.25) is 0 Å². The van der Waals surface area contributed by atoms with Crippen molar-refractivity contribution in [2.24, 2.45) is 0 Å². The maximum Gasteiger partial charge on any atom is 0.156 e. The molecule has 0 amide bonds. The number of anilines is 1. The summed E-state index contributed by atoms with van der Waals surface area (Å²) in [7, 11) is 3.97. The highest BCUT2D eigenvalue weighted by Crippen LogP contribution is 2.30. The number of nitrogens with zero attached hydrogens (tertiary/aromatic N) is 4. The van der Waals surface area contributed by atoms with Crippen molar-refractivity contribution in [1.29, 1.82) is 0 Å². The van der Waals surface area contributed by atoms with Gasteiger partial charge in [-0.3, -0.25) is 0 Å². The Morgan fingerprint density at radius 3 is 3.00 bits per heavy atom. The number of hydrogen-bond acceptors (Lipinski definition) is 5. The van der Waals surface area contributed by atoms with E-state index in [0.29, 0.717) is 13.1 Å². The fourth-order valence-corrected chi connectivity index (χ4v) is 3.03. The second-order valence-corrected chi connectivity index (χ2v) is 5.97. The second kappa shape index (κ2) is 4.71. The Labute approximate surface area is 118 Å². The first-order valence-corrected chi connectivity index (χ1v) is 6.91. The summed E-state index contributed by atoms with van der Waals surface area (Å²) < 4.78 is 0. The third kappa shape index (κ3) is 2.36. The van der Waals surface area contributed by atoms with Gasteiger partial charge < -0.3 is 19.9 Å². The van der Waals surface area contributed by atoms with Crippen molar-refractivity contribution < 1.29 is 5.11 Å². The highest BCUT2D eigenvalue weighted by Gasteiger charge is 2.37. The third-order valence-corrected chi connectivity index (χ3v) is 3.74. The van der Waals surface area contributed by atoms with Crippen LogP contribution in [0.15, 0.2) is 12.3 Å². The van der Waals surface area contributed by atoms with E-state index in [-0.39, 0.29) is 0 Å². The highest BCUT2D eigenvalue weighted by molar-refractivity contribution is 5.86. The van der Waals surface area contributed by atoms with Crippen molar-refractivity contribution in [1.82, 2.24) is 19.9 Å². The summed E-state index contributed by atoms with van der Waals surface area (Å²) in [6.45, 7) is 3.99. The lowest BCUT2D eigenvalue weighted by molar-refractivity contribution is 0.0366. The molecule has 1 fully saturated rings. The van der Waals surface area contributed by atoms with Crippen LogP contribution in [0.2, 0.25) is 0 Å². The predicted octanol–water partition coefficient (Wildman–Crippen LogP) is 0.769. The molecule has 20 heavy (non-hydrogen) atoms. The molecule has 0 spiro atoms. The van der Waals surface area contributed by atoms with Gasteiger partial charge in [0.05, 0.1) is 11.1 Å². The van der Waals surface area contributed by atoms with Crippen molar-refractivity contribution in [3.63, 3.8) is 0 Å². The van der Waals surface area contributed by atoms with Gasteiger partial charge in [0.25, 0.3) is 0 Å². The molecule has 3 heterocycles. The van der Waals surface area contributed by atoms with E-state index in [1.54, 1.807) is 0 Å². The minimum absolute atomic E-state index is 0.607. The lowest BCUT2D eigenvalue weighted by atomic mass is 10.0. The van der Waals surface area contributed by atoms with Crippen molar-refractivity contribution in [3.8, 4) is 0 Å². The molecule has 6 nitrogen and oxygen atoms in total. The van der Waals surface area contributed by atoms with Gasteiger partial charge in [-0.25, -0.2) is 9.97 Å². The number of rotatable bonds is 3. The molecule has 1 aliphatic heterocycles. The lowest BCUT2D eigenvalue weighted by Crippen LogP contribution is -2.42. The van der Waals surface area contributed by atoms with Gasteiger partial charge in [-0.2, -0.15) is 0 Å². The minimum Gasteiger partial charge on any atom is -0.387 e. The number of β-amino-alcohol motifs (C(OH)–C–C–N with tert-alkyl or cyclic N) is 1. The average molecular weight is 275 g/mol. The number of aromatic amines is 1. The molecule has 0 aromatic carbocycles. The molecule has 2 aromatic rings. The van der Waals surface area contributed by atoms with E-state index in [0.717, 1.165) is 35.6 Å². The first-order chi connectivity index (χ1) is 9.47. The third-order valence-electron chi connectivity index (χ3n) is 3.74. The summed E-state index contributed by atoms with van der Waals surface area (Å²) in [5.74, 6) is 1.65. The summed E-state index contributed by atoms with van der Waals surface area (Å²) in [5.41, 5.74) is 1.21. The average Bonchev–Trinajstić information content (AvgIpc) is 2.93. The minimum atomic E-state index is -0.665. The molecule has 1 saturated heterocycles. The SMILES string of the molecule is Cc1nc(N2CCC(O)(CN(C)C)C2)c2[nH]ccc2n1. The van der Waals surface area contributed by atoms with Crippen LogP contribution in [0, 0.1) is 6.92 Å². The van der Waals surface area contributed by atoms with Gasteiger partial charge in [-0.1, -0.05) is 0 Å². The van der Waals surface area contributed by atoms with E-state index in [1.807, 2.05) is 38.2 Å². The van der Waals surface area contributed by atoms with Gasteiger partial charge in [0.1, 0.15) is 11.3 Å². The largest absolute Gasteiger partial charge is 0.387 e. The maximum absolute atomic E-state index is 10.6. The zero-order valence-electron chi connectivity index (χ0n) is 12.2. The summed E-state index contributed by atoms with van der Waals surface area (Å²) in [6, 6.07) is 1.95. The maximum atomic E-state index is 10.6. The van der Waals surface area contributed by atoms with Gasteiger partial charge in [0, 0.05) is 25.8 Å². The van der Waals surface area contributed by atoms with Gasteiger partial charge in [0.15, 0.2) is 5.82 Å². The van der Waals surface area contributed by atoms with Crippen molar-refractivity contribution in [2.75, 3.05) is 38.6 Å². The zero-order chi connectivity index (χ0) is 14.3. The summed E-state index contributed by atoms with van der Waals surface area (Å²) in [5, 5.41) is 10.6. The number of aromatic nitrogens is 3. The molecular weight excluding hydrogens is 254 g/mol. The number of fused-ring (bicyclic) bond motifs is 1. The van der Waals surface area contributed by atoms with Crippen LogP contribution in [0.25, 0.3) is 11.0 Å². The Morgan fingerprint density at radius 1 is 1.45 bits per heavy atom. The van der Waals surface area contributed by atoms with E-state index in [2.05, 4.69) is 19.9 Å². The second-order valence-electron chi connectivity index (χ2n) is 5.97. The molecule has 0 saturated carbocycles. The Bertz CT molecular complexity index is 623. The van der Waals surface area contributed by atoms with Crippen LogP contribution in [-0.2, 0) is 0 Å². The number of H-pyrrole nitrogens is 1. The van der Waals surface area contributed by atoms with Gasteiger partial charge >= 0.3 is 0 Å². The Balaban J connectivity index is 1.91. The van der Waals surface area contributed by atoms with Crippen LogP contribution < -0.4 is 4.90 Å². The molecule has 3 rings (SSSR count). The van der Waals surface area contributed by atoms with E-state index in [9.17, 15) is 5.11 Å². The van der Waals surface area contributed by atoms with E-state index < -0.39 is 5.60 Å². The predicted molar refractivity (Wildman–Crippen MR) is 79.0 cm³/mol. The van der Waals surface area contributed by atoms with Crippen molar-refractivity contribution in [2.45, 2.75) is 18.9 Å². The monoisotopic (exact) mass is 275 g/mol. The fraction of sp³-hybridized carbons (Fsp3) is 0.571. The van der Waals surface area contributed by atoms with Crippen LogP contribution in [0.5, 0.6) is 0 Å². The number of nitrogens with one attached hydrogen (secondary N) is 1. The molecule has 6 heteroatoms. The summed E-state index contributed by atoms with van der Waals surface area (Å²) in [6.07, 6.45) is 2.64. The molecule has 2 aromatic heterocycles. The smallest absolute Gasteiger partial charge is 0.156 e. The molecule has 108 valence electrons. The van der Waals surface area contributed by atoms with Crippen molar-refractivity contribution in [3.05, 3.63) is 18.1 Å². The summed E-state index contributed by atoms with van der Waals surface area (Å²) in [4.78, 5) is 16.4. The fourth-order valence-electron chi connectivity index (χ4n) is 3.03. The molecule has 1 atom stereocenters. The number of aryl methyl sites for hydroxylation is 1. The molecular formula is C14H21N5O. The van der Waals surface area contributed by atoms with Crippen LogP contribution in [0.4, 0.5) is 5.82 Å². The first kappa shape index (κ1) is 13.3. The van der Waals surface area contributed by atoms with Gasteiger partial charge in [-0.15, -0.1) is 0 Å². The summed E-state index contributed by atoms with van der Waals surface area (Å²) >= 11 is 0. The highest BCUT2D eigenvalue weighted by atomic mass is 16.3. The quantitative estimate of drug-likeness (QED) is 0.866. The van der Waals surface area contributed by atoms with E-state index >= 15 is 0 Å². The molecule has 1 aliphatic rings. The molecule has 0 aliphatic carbocycles. The van der Waals surface area contributed by atoms with Crippen LogP contribution in [0.3, 0.4) is 0 Å². The molecule has 2 N–H and O–H groups in total. The Hall–Kier alpha value is -1.66. The normalized spacial score (nSPS) is 23.1. The van der Waals surface area contributed by atoms with E-state index in [4.69, 9.17) is 0 Å². The Morgan fingerprint density at radius 2 is 2.25 bits per heavy atom. The standard InChI is InChI=1S/C14H21N5O/c1-10-16-11-4-6-15-12(11)13(17-10)19-7-5-14(20,9-19)8-18(2)3/h4,6,15,20H,5,7-9H2,1-3H3. The zero-order valence-corrected chi connectivity index (χ0v) is 12.2. The number of likely N-dealkylation sites (N-methyl/N-ethyl adjacent to an activating group) is 1. The Kier molecular flexibility index (Phi) is 3.14. The van der Waals surface area contributed by atoms with Crippen LogP contribution in [0.1, 0.15) is 12.2 Å².